The van der Waals surface area contributed by atoms with Gasteiger partial charge >= 0.3 is 0 Å². The van der Waals surface area contributed by atoms with Gasteiger partial charge in [0.1, 0.15) is 10.0 Å². The van der Waals surface area contributed by atoms with Crippen LogP contribution in [0.4, 0.5) is 11.8 Å². The lowest BCUT2D eigenvalue weighted by Gasteiger charge is -2.12. The molecule has 0 aliphatic carbocycles. The van der Waals surface area contributed by atoms with E-state index >= 15 is 0 Å². The Kier molecular flexibility index (Phi) is 5.10. The van der Waals surface area contributed by atoms with Crippen LogP contribution in [0.2, 0.25) is 0 Å². The molecule has 0 saturated heterocycles. The summed E-state index contributed by atoms with van der Waals surface area (Å²) >= 11 is 1.19. The highest BCUT2D eigenvalue weighted by Crippen LogP contribution is 2.14. The van der Waals surface area contributed by atoms with E-state index in [1.54, 1.807) is 29.8 Å². The molecule has 7 nitrogen and oxygen atoms in total. The first kappa shape index (κ1) is 15.7. The molecule has 2 rings (SSSR count). The van der Waals surface area contributed by atoms with Gasteiger partial charge in [-0.25, -0.2) is 18.1 Å². The second-order valence-corrected chi connectivity index (χ2v) is 7.33. The highest BCUT2D eigenvalue weighted by atomic mass is 32.2. The normalized spacial score (nSPS) is 11.3. The van der Waals surface area contributed by atoms with Gasteiger partial charge in [-0.1, -0.05) is 6.07 Å². The lowest BCUT2D eigenvalue weighted by atomic mass is 10.5. The molecule has 21 heavy (non-hydrogen) atoms. The van der Waals surface area contributed by atoms with Crippen LogP contribution in [0.1, 0.15) is 0 Å². The first-order chi connectivity index (χ1) is 9.99. The third-order valence-electron chi connectivity index (χ3n) is 2.56. The Morgan fingerprint density at radius 1 is 1.29 bits per heavy atom. The molecule has 114 valence electrons. The molecule has 2 N–H and O–H groups in total. The Balaban J connectivity index is 1.84. The summed E-state index contributed by atoms with van der Waals surface area (Å²) in [6.07, 6.45) is 1.65. The van der Waals surface area contributed by atoms with E-state index in [1.165, 1.54) is 11.3 Å². The predicted molar refractivity (Wildman–Crippen MR) is 84.4 cm³/mol. The molecule has 0 amide bonds. The summed E-state index contributed by atoms with van der Waals surface area (Å²) in [5, 5.41) is 4.71. The van der Waals surface area contributed by atoms with Crippen molar-refractivity contribution in [3.05, 3.63) is 29.8 Å². The minimum atomic E-state index is -3.41. The number of anilines is 2. The van der Waals surface area contributed by atoms with Crippen molar-refractivity contribution in [1.29, 1.82) is 0 Å². The quantitative estimate of drug-likeness (QED) is 0.738. The minimum absolute atomic E-state index is 0.260. The largest absolute Gasteiger partial charge is 0.363 e. The van der Waals surface area contributed by atoms with Gasteiger partial charge in [-0.05, 0) is 17.5 Å². The summed E-state index contributed by atoms with van der Waals surface area (Å²) in [7, 11) is 0.367. The molecular weight excluding hydrogens is 310 g/mol. The number of nitrogens with one attached hydrogen (secondary N) is 2. The molecular formula is C12H17N5O2S2. The molecule has 2 aromatic rings. The van der Waals surface area contributed by atoms with E-state index in [0.29, 0.717) is 16.7 Å². The highest BCUT2D eigenvalue weighted by Gasteiger charge is 2.13. The number of rotatable bonds is 7. The van der Waals surface area contributed by atoms with E-state index in [-0.39, 0.29) is 6.54 Å². The zero-order valence-electron chi connectivity index (χ0n) is 11.8. The van der Waals surface area contributed by atoms with E-state index < -0.39 is 10.0 Å². The van der Waals surface area contributed by atoms with Crippen LogP contribution in [0.3, 0.4) is 0 Å². The van der Waals surface area contributed by atoms with Gasteiger partial charge in [0.25, 0.3) is 0 Å². The number of thiophene rings is 1. The Bertz CT molecular complexity index is 671. The monoisotopic (exact) mass is 327 g/mol. The van der Waals surface area contributed by atoms with Crippen molar-refractivity contribution in [3.63, 3.8) is 0 Å². The molecule has 2 heterocycles. The summed E-state index contributed by atoms with van der Waals surface area (Å²) < 4.78 is 26.6. The topological polar surface area (TPSA) is 87.2 Å². The molecule has 0 bridgehead atoms. The molecule has 0 unspecified atom stereocenters. The second-order valence-electron chi connectivity index (χ2n) is 4.39. The predicted octanol–water partition coefficient (Wildman–Crippen LogP) is 0.994. The highest BCUT2D eigenvalue weighted by molar-refractivity contribution is 7.91. The van der Waals surface area contributed by atoms with Crippen LogP contribution >= 0.6 is 11.3 Å². The van der Waals surface area contributed by atoms with Crippen molar-refractivity contribution in [2.45, 2.75) is 4.21 Å². The Labute approximate surface area is 128 Å². The molecule has 9 heteroatoms. The van der Waals surface area contributed by atoms with E-state index in [9.17, 15) is 8.42 Å². The third kappa shape index (κ3) is 4.38. The van der Waals surface area contributed by atoms with E-state index in [4.69, 9.17) is 0 Å². The molecule has 0 atom stereocenters. The van der Waals surface area contributed by atoms with Gasteiger partial charge in [-0.15, -0.1) is 11.3 Å². The molecule has 0 spiro atoms. The number of aromatic nitrogens is 2. The van der Waals surface area contributed by atoms with E-state index in [1.807, 2.05) is 19.0 Å². The maximum Gasteiger partial charge on any atom is 0.250 e. The summed E-state index contributed by atoms with van der Waals surface area (Å²) in [6.45, 7) is 0.664. The van der Waals surface area contributed by atoms with Gasteiger partial charge < -0.3 is 10.2 Å². The van der Waals surface area contributed by atoms with Crippen LogP contribution in [0, 0.1) is 0 Å². The lowest BCUT2D eigenvalue weighted by Crippen LogP contribution is -2.28. The van der Waals surface area contributed by atoms with Crippen molar-refractivity contribution in [2.24, 2.45) is 0 Å². The van der Waals surface area contributed by atoms with Crippen LogP contribution < -0.4 is 14.9 Å². The van der Waals surface area contributed by atoms with Gasteiger partial charge in [0, 0.05) is 33.4 Å². The Morgan fingerprint density at radius 2 is 2.10 bits per heavy atom. The SMILES string of the molecule is CN(C)c1ccnc(NCCNS(=O)(=O)c2cccs2)n1. The van der Waals surface area contributed by atoms with Crippen LogP contribution in [-0.2, 0) is 10.0 Å². The fourth-order valence-electron chi connectivity index (χ4n) is 1.53. The van der Waals surface area contributed by atoms with Crippen molar-refractivity contribution in [3.8, 4) is 0 Å². The average molecular weight is 327 g/mol. The van der Waals surface area contributed by atoms with Crippen LogP contribution in [-0.4, -0.2) is 45.6 Å². The van der Waals surface area contributed by atoms with Crippen LogP contribution in [0.25, 0.3) is 0 Å². The standard InChI is InChI=1S/C12H17N5O2S2/c1-17(2)10-5-6-13-12(16-10)14-7-8-15-21(18,19)11-4-3-9-20-11/h3-6,9,15H,7-8H2,1-2H3,(H,13,14,16). The molecule has 0 saturated carbocycles. The zero-order chi connectivity index (χ0) is 15.3. The summed E-state index contributed by atoms with van der Waals surface area (Å²) in [6, 6.07) is 5.08. The smallest absolute Gasteiger partial charge is 0.250 e. The maximum absolute atomic E-state index is 11.9. The number of sulfonamides is 1. The minimum Gasteiger partial charge on any atom is -0.363 e. The van der Waals surface area contributed by atoms with E-state index in [2.05, 4.69) is 20.0 Å². The molecule has 0 radical (unpaired) electrons. The lowest BCUT2D eigenvalue weighted by molar-refractivity contribution is 0.585. The summed E-state index contributed by atoms with van der Waals surface area (Å²) in [4.78, 5) is 10.2. The van der Waals surface area contributed by atoms with E-state index in [0.717, 1.165) is 5.82 Å². The first-order valence-corrected chi connectivity index (χ1v) is 8.63. The molecule has 0 aliphatic rings. The van der Waals surface area contributed by atoms with Crippen molar-refractivity contribution in [1.82, 2.24) is 14.7 Å². The van der Waals surface area contributed by atoms with Gasteiger partial charge in [0.15, 0.2) is 0 Å². The maximum atomic E-state index is 11.9. The zero-order valence-corrected chi connectivity index (χ0v) is 13.4. The first-order valence-electron chi connectivity index (χ1n) is 6.26. The number of nitrogens with zero attached hydrogens (tertiary/aromatic N) is 3. The third-order valence-corrected chi connectivity index (χ3v) is 5.42. The van der Waals surface area contributed by atoms with Crippen LogP contribution in [0.5, 0.6) is 0 Å². The van der Waals surface area contributed by atoms with Gasteiger partial charge in [0.2, 0.25) is 16.0 Å². The Hall–Kier alpha value is -1.71. The summed E-state index contributed by atoms with van der Waals surface area (Å²) in [5.74, 6) is 1.25. The van der Waals surface area contributed by atoms with Crippen molar-refractivity contribution >= 4 is 33.1 Å². The van der Waals surface area contributed by atoms with Gasteiger partial charge in [-0.3, -0.25) is 0 Å². The summed E-state index contributed by atoms with van der Waals surface area (Å²) in [5.41, 5.74) is 0. The molecule has 0 aromatic carbocycles. The Morgan fingerprint density at radius 3 is 2.76 bits per heavy atom. The molecule has 0 aliphatic heterocycles. The number of hydrogen-bond acceptors (Lipinski definition) is 7. The van der Waals surface area contributed by atoms with Crippen molar-refractivity contribution < 1.29 is 8.42 Å². The second kappa shape index (κ2) is 6.83. The average Bonchev–Trinajstić information content (AvgIpc) is 2.99. The molecule has 0 fully saturated rings. The van der Waals surface area contributed by atoms with Gasteiger partial charge in [0.05, 0.1) is 0 Å². The van der Waals surface area contributed by atoms with Crippen molar-refractivity contribution in [2.75, 3.05) is 37.4 Å². The fraction of sp³-hybridized carbons (Fsp3) is 0.333. The fourth-order valence-corrected chi connectivity index (χ4v) is 3.60. The van der Waals surface area contributed by atoms with Gasteiger partial charge in [-0.2, -0.15) is 4.98 Å². The number of hydrogen-bond donors (Lipinski definition) is 2. The molecule has 2 aromatic heterocycles. The van der Waals surface area contributed by atoms with Crippen LogP contribution in [0.15, 0.2) is 34.0 Å².